The Labute approximate surface area is 97.3 Å². The summed E-state index contributed by atoms with van der Waals surface area (Å²) in [5.41, 5.74) is 0. The lowest BCUT2D eigenvalue weighted by Crippen LogP contribution is -2.55. The molecule has 1 saturated heterocycles. The Morgan fingerprint density at radius 2 is 2.06 bits per heavy atom. The third kappa shape index (κ3) is 3.80. The summed E-state index contributed by atoms with van der Waals surface area (Å²) in [4.78, 5) is 0. The summed E-state index contributed by atoms with van der Waals surface area (Å²) in [6.45, 7) is 1.58. The predicted octanol–water partition coefficient (Wildman–Crippen LogP) is 0.855. The maximum Gasteiger partial charge on any atom is 0.417 e. The first-order chi connectivity index (χ1) is 7.88. The van der Waals surface area contributed by atoms with Crippen LogP contribution in [0.15, 0.2) is 0 Å². The highest BCUT2D eigenvalue weighted by Gasteiger charge is 2.51. The molecule has 4 unspecified atom stereocenters. The van der Waals surface area contributed by atoms with Gasteiger partial charge in [-0.2, -0.15) is 13.2 Å². The number of aliphatic hydroxyl groups excluding tert-OH is 2. The molecule has 0 aromatic rings. The number of halogens is 3. The number of hydrogen-bond acceptors (Lipinski definition) is 4. The fourth-order valence-electron chi connectivity index (χ4n) is 1.70. The Morgan fingerprint density at radius 3 is 2.59 bits per heavy atom. The molecular formula is C10H17F3O4. The van der Waals surface area contributed by atoms with E-state index in [2.05, 4.69) is 0 Å². The first-order valence-corrected chi connectivity index (χ1v) is 5.54. The molecule has 1 fully saturated rings. The molecule has 2 N–H and O–H groups in total. The SMILES string of the molecule is CCCOC(C1OCCC(O)C1O)C(F)(F)F. The van der Waals surface area contributed by atoms with Crippen LogP contribution in [0.3, 0.4) is 0 Å². The molecular weight excluding hydrogens is 241 g/mol. The van der Waals surface area contributed by atoms with E-state index < -0.39 is 30.6 Å². The Morgan fingerprint density at radius 1 is 1.41 bits per heavy atom. The van der Waals surface area contributed by atoms with Crippen LogP contribution >= 0.6 is 0 Å². The molecule has 1 rings (SSSR count). The number of ether oxygens (including phenoxy) is 2. The molecule has 1 aliphatic heterocycles. The third-order valence-corrected chi connectivity index (χ3v) is 2.58. The van der Waals surface area contributed by atoms with E-state index in [1.165, 1.54) is 0 Å². The van der Waals surface area contributed by atoms with E-state index in [1.54, 1.807) is 6.92 Å². The van der Waals surface area contributed by atoms with E-state index in [-0.39, 0.29) is 19.6 Å². The molecule has 4 nitrogen and oxygen atoms in total. The van der Waals surface area contributed by atoms with Crippen molar-refractivity contribution in [2.75, 3.05) is 13.2 Å². The van der Waals surface area contributed by atoms with Gasteiger partial charge in [0.2, 0.25) is 0 Å². The third-order valence-electron chi connectivity index (χ3n) is 2.58. The van der Waals surface area contributed by atoms with Crippen LogP contribution in [0.5, 0.6) is 0 Å². The van der Waals surface area contributed by atoms with Gasteiger partial charge in [-0.3, -0.25) is 0 Å². The highest BCUT2D eigenvalue weighted by molar-refractivity contribution is 4.90. The van der Waals surface area contributed by atoms with Crippen molar-refractivity contribution in [3.8, 4) is 0 Å². The molecule has 0 aliphatic carbocycles. The van der Waals surface area contributed by atoms with Crippen molar-refractivity contribution in [2.45, 2.75) is 50.4 Å². The van der Waals surface area contributed by atoms with E-state index in [0.29, 0.717) is 6.42 Å². The first kappa shape index (κ1) is 14.7. The van der Waals surface area contributed by atoms with Crippen LogP contribution in [0, 0.1) is 0 Å². The Balaban J connectivity index is 2.74. The number of hydrogen-bond donors (Lipinski definition) is 2. The van der Waals surface area contributed by atoms with Crippen LogP contribution in [0.25, 0.3) is 0 Å². The van der Waals surface area contributed by atoms with Crippen LogP contribution in [-0.4, -0.2) is 54.0 Å². The number of aliphatic hydroxyl groups is 2. The van der Waals surface area contributed by atoms with Crippen molar-refractivity contribution < 1.29 is 32.9 Å². The van der Waals surface area contributed by atoms with Gasteiger partial charge in [-0.05, 0) is 12.8 Å². The van der Waals surface area contributed by atoms with Gasteiger partial charge in [-0.15, -0.1) is 0 Å². The van der Waals surface area contributed by atoms with Crippen molar-refractivity contribution in [1.82, 2.24) is 0 Å². The quantitative estimate of drug-likeness (QED) is 0.785. The van der Waals surface area contributed by atoms with Crippen molar-refractivity contribution in [3.05, 3.63) is 0 Å². The molecule has 1 heterocycles. The van der Waals surface area contributed by atoms with E-state index in [4.69, 9.17) is 9.47 Å². The summed E-state index contributed by atoms with van der Waals surface area (Å²) < 4.78 is 47.8. The molecule has 0 aromatic carbocycles. The van der Waals surface area contributed by atoms with E-state index in [0.717, 1.165) is 0 Å². The number of alkyl halides is 3. The average Bonchev–Trinajstić information content (AvgIpc) is 2.22. The summed E-state index contributed by atoms with van der Waals surface area (Å²) in [6, 6.07) is 0. The standard InChI is InChI=1S/C10H17F3O4/c1-2-4-17-9(10(11,12)13)8-7(15)6(14)3-5-16-8/h6-9,14-15H,2-5H2,1H3. The summed E-state index contributed by atoms with van der Waals surface area (Å²) in [6.07, 6.45) is -10.6. The summed E-state index contributed by atoms with van der Waals surface area (Å²) >= 11 is 0. The van der Waals surface area contributed by atoms with Gasteiger partial charge in [0.05, 0.1) is 6.10 Å². The minimum Gasteiger partial charge on any atom is -0.390 e. The van der Waals surface area contributed by atoms with Crippen LogP contribution in [0.1, 0.15) is 19.8 Å². The molecule has 0 spiro atoms. The highest BCUT2D eigenvalue weighted by Crippen LogP contribution is 2.31. The van der Waals surface area contributed by atoms with E-state index >= 15 is 0 Å². The van der Waals surface area contributed by atoms with E-state index in [1.807, 2.05) is 0 Å². The molecule has 0 saturated carbocycles. The maximum absolute atomic E-state index is 12.7. The molecule has 0 amide bonds. The normalized spacial score (nSPS) is 32.5. The van der Waals surface area contributed by atoms with Crippen LogP contribution < -0.4 is 0 Å². The van der Waals surface area contributed by atoms with Gasteiger partial charge in [0.25, 0.3) is 0 Å². The largest absolute Gasteiger partial charge is 0.417 e. The zero-order chi connectivity index (χ0) is 13.1. The second kappa shape index (κ2) is 5.99. The topological polar surface area (TPSA) is 58.9 Å². The van der Waals surface area contributed by atoms with Crippen molar-refractivity contribution in [1.29, 1.82) is 0 Å². The smallest absolute Gasteiger partial charge is 0.390 e. The fourth-order valence-corrected chi connectivity index (χ4v) is 1.70. The molecule has 0 aromatic heterocycles. The van der Waals surface area contributed by atoms with Crippen molar-refractivity contribution in [2.24, 2.45) is 0 Å². The summed E-state index contributed by atoms with van der Waals surface area (Å²) in [5.74, 6) is 0. The average molecular weight is 258 g/mol. The zero-order valence-electron chi connectivity index (χ0n) is 9.48. The molecule has 4 atom stereocenters. The molecule has 17 heavy (non-hydrogen) atoms. The molecule has 7 heteroatoms. The highest BCUT2D eigenvalue weighted by atomic mass is 19.4. The minimum absolute atomic E-state index is 0.0229. The van der Waals surface area contributed by atoms with Gasteiger partial charge in [0, 0.05) is 13.2 Å². The fraction of sp³-hybridized carbons (Fsp3) is 1.00. The van der Waals surface area contributed by atoms with Gasteiger partial charge >= 0.3 is 6.18 Å². The van der Waals surface area contributed by atoms with Gasteiger partial charge in [0.15, 0.2) is 6.10 Å². The molecule has 1 aliphatic rings. The van der Waals surface area contributed by atoms with Crippen LogP contribution in [0.4, 0.5) is 13.2 Å². The minimum atomic E-state index is -4.63. The van der Waals surface area contributed by atoms with Gasteiger partial charge < -0.3 is 19.7 Å². The van der Waals surface area contributed by atoms with Gasteiger partial charge in [0.1, 0.15) is 12.2 Å². The second-order valence-corrected chi connectivity index (χ2v) is 4.02. The summed E-state index contributed by atoms with van der Waals surface area (Å²) in [5, 5.41) is 18.9. The number of rotatable bonds is 4. The van der Waals surface area contributed by atoms with Gasteiger partial charge in [-0.1, -0.05) is 6.92 Å². The van der Waals surface area contributed by atoms with Gasteiger partial charge in [-0.25, -0.2) is 0 Å². The molecule has 102 valence electrons. The lowest BCUT2D eigenvalue weighted by molar-refractivity contribution is -0.279. The van der Waals surface area contributed by atoms with Crippen LogP contribution in [0.2, 0.25) is 0 Å². The first-order valence-electron chi connectivity index (χ1n) is 5.54. The Kier molecular flexibility index (Phi) is 5.18. The zero-order valence-corrected chi connectivity index (χ0v) is 9.48. The van der Waals surface area contributed by atoms with E-state index in [9.17, 15) is 23.4 Å². The summed E-state index contributed by atoms with van der Waals surface area (Å²) in [7, 11) is 0. The van der Waals surface area contributed by atoms with Crippen LogP contribution in [-0.2, 0) is 9.47 Å². The lowest BCUT2D eigenvalue weighted by atomic mass is 9.97. The maximum atomic E-state index is 12.7. The van der Waals surface area contributed by atoms with Crippen molar-refractivity contribution in [3.63, 3.8) is 0 Å². The monoisotopic (exact) mass is 258 g/mol. The Bertz CT molecular complexity index is 234. The Hall–Kier alpha value is -0.370. The molecule has 0 radical (unpaired) electrons. The molecule has 0 bridgehead atoms. The lowest BCUT2D eigenvalue weighted by Gasteiger charge is -2.37. The predicted molar refractivity (Wildman–Crippen MR) is 52.5 cm³/mol. The second-order valence-electron chi connectivity index (χ2n) is 4.02. The van der Waals surface area contributed by atoms with Crippen molar-refractivity contribution >= 4 is 0 Å².